The smallest absolute Gasteiger partial charge is 0.292 e. The van der Waals surface area contributed by atoms with Crippen LogP contribution in [-0.4, -0.2) is 4.98 Å². The van der Waals surface area contributed by atoms with Crippen LogP contribution in [0, 0.1) is 6.92 Å². The van der Waals surface area contributed by atoms with Gasteiger partial charge in [0.2, 0.25) is 0 Å². The van der Waals surface area contributed by atoms with E-state index < -0.39 is 0 Å². The van der Waals surface area contributed by atoms with Crippen molar-refractivity contribution in [3.63, 3.8) is 0 Å². The van der Waals surface area contributed by atoms with Gasteiger partial charge in [0, 0.05) is 5.56 Å². The number of nitrogens with two attached hydrogens (primary N) is 1. The number of nitrogens with zero attached hydrogens (tertiary/aromatic N) is 1. The lowest BCUT2D eigenvalue weighted by Crippen LogP contribution is -1.79. The summed E-state index contributed by atoms with van der Waals surface area (Å²) in [5, 5.41) is 0. The third-order valence-corrected chi connectivity index (χ3v) is 2.71. The first-order valence-electron chi connectivity index (χ1n) is 5.61. The van der Waals surface area contributed by atoms with E-state index >= 15 is 0 Å². The third kappa shape index (κ3) is 1.88. The zero-order valence-electron chi connectivity index (χ0n) is 9.88. The molecule has 0 saturated heterocycles. The zero-order valence-corrected chi connectivity index (χ0v) is 9.88. The molecule has 4 heteroatoms. The van der Waals surface area contributed by atoms with E-state index in [1.165, 1.54) is 5.56 Å². The number of anilines is 1. The van der Waals surface area contributed by atoms with Crippen molar-refractivity contribution in [2.45, 2.75) is 6.92 Å². The monoisotopic (exact) mass is 240 g/mol. The Bertz CT molecular complexity index is 665. The first-order chi connectivity index (χ1) is 8.72. The number of hydrogen-bond acceptors (Lipinski definition) is 4. The van der Waals surface area contributed by atoms with Gasteiger partial charge in [-0.1, -0.05) is 29.8 Å². The summed E-state index contributed by atoms with van der Waals surface area (Å²) < 4.78 is 10.9. The van der Waals surface area contributed by atoms with E-state index in [1.807, 2.05) is 36.4 Å². The summed E-state index contributed by atoms with van der Waals surface area (Å²) >= 11 is 0. The van der Waals surface area contributed by atoms with Crippen LogP contribution >= 0.6 is 0 Å². The predicted octanol–water partition coefficient (Wildman–Crippen LogP) is 3.49. The second-order valence-corrected chi connectivity index (χ2v) is 4.09. The average Bonchev–Trinajstić information content (AvgIpc) is 2.98. The highest BCUT2D eigenvalue weighted by atomic mass is 16.4. The molecule has 0 atom stereocenters. The highest BCUT2D eigenvalue weighted by Gasteiger charge is 2.10. The lowest BCUT2D eigenvalue weighted by atomic mass is 10.1. The standard InChI is InChI=1S/C14H12N2O2/c1-9-2-4-10(5-3-9)11-6-7-12(17-11)13-8-16-14(15)18-13/h2-8H,1H3,(H2,15,16). The first-order valence-corrected chi connectivity index (χ1v) is 5.61. The maximum absolute atomic E-state index is 5.72. The molecular weight excluding hydrogens is 228 g/mol. The van der Waals surface area contributed by atoms with Crippen LogP contribution in [0.2, 0.25) is 0 Å². The van der Waals surface area contributed by atoms with Gasteiger partial charge in [-0.05, 0) is 19.1 Å². The molecule has 0 aliphatic heterocycles. The fourth-order valence-electron chi connectivity index (χ4n) is 1.74. The molecule has 90 valence electrons. The maximum atomic E-state index is 5.72. The van der Waals surface area contributed by atoms with E-state index in [1.54, 1.807) is 6.20 Å². The molecule has 2 N–H and O–H groups in total. The maximum Gasteiger partial charge on any atom is 0.292 e. The molecule has 1 aromatic carbocycles. The Balaban J connectivity index is 1.96. The predicted molar refractivity (Wildman–Crippen MR) is 68.8 cm³/mol. The van der Waals surface area contributed by atoms with Crippen molar-refractivity contribution in [3.8, 4) is 22.8 Å². The summed E-state index contributed by atoms with van der Waals surface area (Å²) in [5.74, 6) is 1.95. The Labute approximate surface area is 104 Å². The average molecular weight is 240 g/mol. The summed E-state index contributed by atoms with van der Waals surface area (Å²) in [4.78, 5) is 3.84. The Kier molecular flexibility index (Phi) is 2.41. The second kappa shape index (κ2) is 4.07. The fraction of sp³-hybridized carbons (Fsp3) is 0.0714. The van der Waals surface area contributed by atoms with Crippen LogP contribution in [0.4, 0.5) is 6.01 Å². The molecule has 0 fully saturated rings. The van der Waals surface area contributed by atoms with Crippen LogP contribution in [0.5, 0.6) is 0 Å². The number of rotatable bonds is 2. The van der Waals surface area contributed by atoms with Crippen molar-refractivity contribution in [1.82, 2.24) is 4.98 Å². The molecule has 18 heavy (non-hydrogen) atoms. The zero-order chi connectivity index (χ0) is 12.5. The Morgan fingerprint density at radius 3 is 2.28 bits per heavy atom. The fourth-order valence-corrected chi connectivity index (χ4v) is 1.74. The van der Waals surface area contributed by atoms with E-state index in [9.17, 15) is 0 Å². The Morgan fingerprint density at radius 2 is 1.61 bits per heavy atom. The molecular formula is C14H12N2O2. The molecule has 0 aliphatic rings. The van der Waals surface area contributed by atoms with Crippen LogP contribution < -0.4 is 5.73 Å². The van der Waals surface area contributed by atoms with E-state index in [2.05, 4.69) is 11.9 Å². The molecule has 3 aromatic rings. The highest BCUT2D eigenvalue weighted by molar-refractivity contribution is 5.62. The van der Waals surface area contributed by atoms with Crippen LogP contribution in [0.25, 0.3) is 22.8 Å². The molecule has 0 aliphatic carbocycles. The largest absolute Gasteiger partial charge is 0.453 e. The molecule has 3 rings (SSSR count). The number of oxazole rings is 1. The highest BCUT2D eigenvalue weighted by Crippen LogP contribution is 2.29. The molecule has 0 bridgehead atoms. The van der Waals surface area contributed by atoms with Gasteiger partial charge in [-0.15, -0.1) is 0 Å². The molecule has 0 amide bonds. The number of aromatic nitrogens is 1. The number of benzene rings is 1. The molecule has 0 unspecified atom stereocenters. The van der Waals surface area contributed by atoms with Crippen LogP contribution in [-0.2, 0) is 0 Å². The van der Waals surface area contributed by atoms with Crippen molar-refractivity contribution in [2.24, 2.45) is 0 Å². The molecule has 4 nitrogen and oxygen atoms in total. The van der Waals surface area contributed by atoms with Gasteiger partial charge in [-0.25, -0.2) is 4.98 Å². The van der Waals surface area contributed by atoms with E-state index in [0.29, 0.717) is 11.5 Å². The minimum absolute atomic E-state index is 0.137. The molecule has 0 saturated carbocycles. The number of aryl methyl sites for hydroxylation is 1. The summed E-state index contributed by atoms with van der Waals surface area (Å²) in [5.41, 5.74) is 7.67. The van der Waals surface area contributed by atoms with E-state index in [4.69, 9.17) is 14.6 Å². The summed E-state index contributed by atoms with van der Waals surface area (Å²) in [6.07, 6.45) is 1.55. The quantitative estimate of drug-likeness (QED) is 0.744. The van der Waals surface area contributed by atoms with Crippen molar-refractivity contribution < 1.29 is 8.83 Å². The summed E-state index contributed by atoms with van der Waals surface area (Å²) in [6.45, 7) is 2.05. The Morgan fingerprint density at radius 1 is 0.889 bits per heavy atom. The lowest BCUT2D eigenvalue weighted by Gasteiger charge is -1.97. The van der Waals surface area contributed by atoms with E-state index in [-0.39, 0.29) is 6.01 Å². The second-order valence-electron chi connectivity index (χ2n) is 4.09. The normalized spacial score (nSPS) is 10.7. The lowest BCUT2D eigenvalue weighted by molar-refractivity contribution is 0.538. The molecule has 0 radical (unpaired) electrons. The number of nitrogen functional groups attached to an aromatic ring is 1. The van der Waals surface area contributed by atoms with Crippen molar-refractivity contribution in [2.75, 3.05) is 5.73 Å². The summed E-state index contributed by atoms with van der Waals surface area (Å²) in [7, 11) is 0. The van der Waals surface area contributed by atoms with Gasteiger partial charge in [0.05, 0.1) is 6.20 Å². The van der Waals surface area contributed by atoms with Gasteiger partial charge < -0.3 is 14.6 Å². The minimum Gasteiger partial charge on any atom is -0.453 e. The SMILES string of the molecule is Cc1ccc(-c2ccc(-c3cnc(N)o3)o2)cc1. The van der Waals surface area contributed by atoms with Crippen molar-refractivity contribution >= 4 is 6.01 Å². The molecule has 2 heterocycles. The van der Waals surface area contributed by atoms with Crippen LogP contribution in [0.1, 0.15) is 5.56 Å². The Hall–Kier alpha value is -2.49. The first kappa shape index (κ1) is 10.7. The van der Waals surface area contributed by atoms with Crippen molar-refractivity contribution in [3.05, 3.63) is 48.2 Å². The summed E-state index contributed by atoms with van der Waals surface area (Å²) in [6, 6.07) is 12.0. The number of hydrogen-bond donors (Lipinski definition) is 1. The third-order valence-electron chi connectivity index (χ3n) is 2.71. The van der Waals surface area contributed by atoms with Crippen molar-refractivity contribution in [1.29, 1.82) is 0 Å². The van der Waals surface area contributed by atoms with Gasteiger partial charge in [-0.2, -0.15) is 0 Å². The van der Waals surface area contributed by atoms with Gasteiger partial charge in [0.15, 0.2) is 11.5 Å². The van der Waals surface area contributed by atoms with Gasteiger partial charge in [0.1, 0.15) is 5.76 Å². The topological polar surface area (TPSA) is 65.2 Å². The molecule has 0 spiro atoms. The number of furan rings is 1. The molecule has 2 aromatic heterocycles. The van der Waals surface area contributed by atoms with Crippen LogP contribution in [0.15, 0.2) is 51.4 Å². The van der Waals surface area contributed by atoms with Gasteiger partial charge in [-0.3, -0.25) is 0 Å². The van der Waals surface area contributed by atoms with Gasteiger partial charge >= 0.3 is 0 Å². The van der Waals surface area contributed by atoms with Gasteiger partial charge in [0.25, 0.3) is 6.01 Å². The van der Waals surface area contributed by atoms with E-state index in [0.717, 1.165) is 11.3 Å². The minimum atomic E-state index is 0.137. The van der Waals surface area contributed by atoms with Crippen LogP contribution in [0.3, 0.4) is 0 Å².